The molecule has 0 radical (unpaired) electrons. The van der Waals surface area contributed by atoms with Crippen molar-refractivity contribution in [1.82, 2.24) is 0 Å². The van der Waals surface area contributed by atoms with Crippen LogP contribution >= 0.6 is 0 Å². The Balaban J connectivity index is 1.86. The van der Waals surface area contributed by atoms with E-state index in [1.54, 1.807) is 0 Å². The first-order valence-corrected chi connectivity index (χ1v) is 8.05. The summed E-state index contributed by atoms with van der Waals surface area (Å²) in [5.41, 5.74) is 7.91. The molecule has 2 aromatic carbocycles. The van der Waals surface area contributed by atoms with Gasteiger partial charge >= 0.3 is 0 Å². The molecule has 0 aliphatic heterocycles. The zero-order valence-electron chi connectivity index (χ0n) is 13.6. The van der Waals surface area contributed by atoms with Crippen LogP contribution in [0, 0.1) is 20.8 Å². The molecule has 0 saturated carbocycles. The van der Waals surface area contributed by atoms with Gasteiger partial charge in [0, 0.05) is 11.3 Å². The molecule has 22 heavy (non-hydrogen) atoms. The molecule has 2 aromatic rings. The summed E-state index contributed by atoms with van der Waals surface area (Å²) >= 11 is 0. The van der Waals surface area contributed by atoms with Crippen molar-refractivity contribution in [3.8, 4) is 0 Å². The Hall–Kier alpha value is -2.09. The SMILES string of the molecule is Cc1cc(C)c(NC(=O)c2ccc3c(c2)CCCC3)c(C)c1. The van der Waals surface area contributed by atoms with Crippen molar-refractivity contribution in [3.05, 3.63) is 63.7 Å². The van der Waals surface area contributed by atoms with Gasteiger partial charge in [0.05, 0.1) is 0 Å². The summed E-state index contributed by atoms with van der Waals surface area (Å²) in [6.45, 7) is 6.17. The largest absolute Gasteiger partial charge is 0.322 e. The van der Waals surface area contributed by atoms with Crippen LogP contribution < -0.4 is 5.32 Å². The molecule has 2 heteroatoms. The highest BCUT2D eigenvalue weighted by Gasteiger charge is 2.14. The molecule has 0 fully saturated rings. The lowest BCUT2D eigenvalue weighted by Gasteiger charge is -2.17. The Morgan fingerprint density at radius 2 is 1.55 bits per heavy atom. The Kier molecular flexibility index (Phi) is 4.02. The molecule has 1 amide bonds. The molecular weight excluding hydrogens is 270 g/mol. The standard InChI is InChI=1S/C20H23NO/c1-13-10-14(2)19(15(3)11-13)21-20(22)18-9-8-16-6-4-5-7-17(16)12-18/h8-12H,4-7H2,1-3H3,(H,21,22). The van der Waals surface area contributed by atoms with E-state index < -0.39 is 0 Å². The number of benzene rings is 2. The van der Waals surface area contributed by atoms with Crippen LogP contribution in [-0.2, 0) is 12.8 Å². The lowest BCUT2D eigenvalue weighted by molar-refractivity contribution is 0.102. The van der Waals surface area contributed by atoms with Gasteiger partial charge in [-0.3, -0.25) is 4.79 Å². The molecule has 0 atom stereocenters. The van der Waals surface area contributed by atoms with Gasteiger partial charge in [0.15, 0.2) is 0 Å². The van der Waals surface area contributed by atoms with Crippen molar-refractivity contribution >= 4 is 11.6 Å². The van der Waals surface area contributed by atoms with Gasteiger partial charge < -0.3 is 5.32 Å². The lowest BCUT2D eigenvalue weighted by Crippen LogP contribution is -2.15. The maximum absolute atomic E-state index is 12.6. The first-order chi connectivity index (χ1) is 10.5. The van der Waals surface area contributed by atoms with E-state index in [0.29, 0.717) is 0 Å². The van der Waals surface area contributed by atoms with Gasteiger partial charge in [-0.05, 0) is 80.8 Å². The fourth-order valence-electron chi connectivity index (χ4n) is 3.44. The van der Waals surface area contributed by atoms with Crippen molar-refractivity contribution in [3.63, 3.8) is 0 Å². The van der Waals surface area contributed by atoms with Crippen molar-refractivity contribution in [2.24, 2.45) is 0 Å². The highest BCUT2D eigenvalue weighted by molar-refractivity contribution is 6.05. The summed E-state index contributed by atoms with van der Waals surface area (Å²) in [6, 6.07) is 10.4. The molecule has 2 nitrogen and oxygen atoms in total. The van der Waals surface area contributed by atoms with Gasteiger partial charge in [-0.25, -0.2) is 0 Å². The smallest absolute Gasteiger partial charge is 0.255 e. The van der Waals surface area contributed by atoms with Crippen LogP contribution in [0.5, 0.6) is 0 Å². The maximum atomic E-state index is 12.6. The van der Waals surface area contributed by atoms with E-state index in [9.17, 15) is 4.79 Å². The van der Waals surface area contributed by atoms with E-state index in [-0.39, 0.29) is 5.91 Å². The van der Waals surface area contributed by atoms with Crippen molar-refractivity contribution < 1.29 is 4.79 Å². The number of carbonyl (C=O) groups excluding carboxylic acids is 1. The van der Waals surface area contributed by atoms with Crippen molar-refractivity contribution in [2.75, 3.05) is 5.32 Å². The molecule has 0 bridgehead atoms. The minimum atomic E-state index is -0.0107. The summed E-state index contributed by atoms with van der Waals surface area (Å²) < 4.78 is 0. The second-order valence-corrected chi connectivity index (χ2v) is 6.42. The molecule has 0 heterocycles. The second-order valence-electron chi connectivity index (χ2n) is 6.42. The molecule has 0 aromatic heterocycles. The minimum absolute atomic E-state index is 0.0107. The number of anilines is 1. The fourth-order valence-corrected chi connectivity index (χ4v) is 3.44. The molecule has 114 valence electrons. The van der Waals surface area contributed by atoms with E-state index in [1.807, 2.05) is 19.9 Å². The number of carbonyl (C=O) groups is 1. The molecular formula is C20H23NO. The number of amides is 1. The van der Waals surface area contributed by atoms with Gasteiger partial charge in [0.25, 0.3) is 5.91 Å². The molecule has 1 N–H and O–H groups in total. The quantitative estimate of drug-likeness (QED) is 0.851. The van der Waals surface area contributed by atoms with Crippen LogP contribution in [0.4, 0.5) is 5.69 Å². The maximum Gasteiger partial charge on any atom is 0.255 e. The minimum Gasteiger partial charge on any atom is -0.322 e. The molecule has 0 spiro atoms. The van der Waals surface area contributed by atoms with E-state index in [0.717, 1.165) is 35.2 Å². The van der Waals surface area contributed by atoms with E-state index in [1.165, 1.54) is 29.5 Å². The predicted octanol–water partition coefficient (Wildman–Crippen LogP) is 4.74. The Labute approximate surface area is 132 Å². The third-order valence-corrected chi connectivity index (χ3v) is 4.53. The third kappa shape index (κ3) is 2.92. The number of aryl methyl sites for hydroxylation is 5. The molecule has 1 aliphatic carbocycles. The average Bonchev–Trinajstić information content (AvgIpc) is 2.50. The van der Waals surface area contributed by atoms with Gasteiger partial charge in [-0.2, -0.15) is 0 Å². The monoisotopic (exact) mass is 293 g/mol. The van der Waals surface area contributed by atoms with E-state index in [2.05, 4.69) is 36.5 Å². The van der Waals surface area contributed by atoms with Gasteiger partial charge in [-0.1, -0.05) is 23.8 Å². The summed E-state index contributed by atoms with van der Waals surface area (Å²) in [6.07, 6.45) is 4.74. The Bertz CT molecular complexity index is 707. The predicted molar refractivity (Wildman–Crippen MR) is 91.7 cm³/mol. The summed E-state index contributed by atoms with van der Waals surface area (Å²) in [7, 11) is 0. The normalized spacial score (nSPS) is 13.6. The van der Waals surface area contributed by atoms with Crippen LogP contribution in [0.15, 0.2) is 30.3 Å². The Morgan fingerprint density at radius 1 is 0.909 bits per heavy atom. The first kappa shape index (κ1) is 14.8. The average molecular weight is 293 g/mol. The number of nitrogens with one attached hydrogen (secondary N) is 1. The lowest BCUT2D eigenvalue weighted by atomic mass is 9.90. The summed E-state index contributed by atoms with van der Waals surface area (Å²) in [5.74, 6) is -0.0107. The Morgan fingerprint density at radius 3 is 2.23 bits per heavy atom. The van der Waals surface area contributed by atoms with Crippen LogP contribution in [0.1, 0.15) is 51.0 Å². The summed E-state index contributed by atoms with van der Waals surface area (Å²) in [5, 5.41) is 3.09. The topological polar surface area (TPSA) is 29.1 Å². The second kappa shape index (κ2) is 5.96. The number of fused-ring (bicyclic) bond motifs is 1. The van der Waals surface area contributed by atoms with Crippen LogP contribution in [0.2, 0.25) is 0 Å². The van der Waals surface area contributed by atoms with Gasteiger partial charge in [0.2, 0.25) is 0 Å². The fraction of sp³-hybridized carbons (Fsp3) is 0.350. The number of hydrogen-bond acceptors (Lipinski definition) is 1. The van der Waals surface area contributed by atoms with Gasteiger partial charge in [0.1, 0.15) is 0 Å². The van der Waals surface area contributed by atoms with Crippen molar-refractivity contribution in [1.29, 1.82) is 0 Å². The third-order valence-electron chi connectivity index (χ3n) is 4.53. The van der Waals surface area contributed by atoms with E-state index in [4.69, 9.17) is 0 Å². The number of rotatable bonds is 2. The molecule has 3 rings (SSSR count). The molecule has 0 saturated heterocycles. The van der Waals surface area contributed by atoms with E-state index >= 15 is 0 Å². The summed E-state index contributed by atoms with van der Waals surface area (Å²) in [4.78, 5) is 12.6. The highest BCUT2D eigenvalue weighted by Crippen LogP contribution is 2.25. The zero-order valence-corrected chi connectivity index (χ0v) is 13.6. The van der Waals surface area contributed by atoms with Crippen LogP contribution in [0.3, 0.4) is 0 Å². The zero-order chi connectivity index (χ0) is 15.7. The molecule has 0 unspecified atom stereocenters. The first-order valence-electron chi connectivity index (χ1n) is 8.05. The van der Waals surface area contributed by atoms with Crippen LogP contribution in [0.25, 0.3) is 0 Å². The number of hydrogen-bond donors (Lipinski definition) is 1. The molecule has 1 aliphatic rings. The van der Waals surface area contributed by atoms with Crippen molar-refractivity contribution in [2.45, 2.75) is 46.5 Å². The van der Waals surface area contributed by atoms with Crippen LogP contribution in [-0.4, -0.2) is 5.91 Å². The van der Waals surface area contributed by atoms with Gasteiger partial charge in [-0.15, -0.1) is 0 Å². The highest BCUT2D eigenvalue weighted by atomic mass is 16.1.